The van der Waals surface area contributed by atoms with Crippen LogP contribution in [0.5, 0.6) is 5.75 Å². The molecular formula is C40H60N12O15. The fourth-order valence-corrected chi connectivity index (χ4v) is 6.72. The van der Waals surface area contributed by atoms with Gasteiger partial charge in [0.25, 0.3) is 0 Å². The van der Waals surface area contributed by atoms with E-state index >= 15 is 0 Å². The Hall–Kier alpha value is -7.42. The van der Waals surface area contributed by atoms with Gasteiger partial charge in [-0.1, -0.05) is 26.0 Å². The summed E-state index contributed by atoms with van der Waals surface area (Å²) in [6.45, 7) is 2.11. The van der Waals surface area contributed by atoms with Crippen LogP contribution in [0.1, 0.15) is 70.8 Å². The van der Waals surface area contributed by atoms with Gasteiger partial charge in [0.15, 0.2) is 0 Å². The largest absolute Gasteiger partial charge is 0.508 e. The first-order valence-corrected chi connectivity index (χ1v) is 21.0. The third-order valence-corrected chi connectivity index (χ3v) is 10.3. The molecule has 1 aromatic carbocycles. The molecule has 1 fully saturated rings. The monoisotopic (exact) mass is 948 g/mol. The first kappa shape index (κ1) is 55.7. The molecule has 1 heterocycles. The number of carboxylic acid groups (broad SMARTS) is 1. The quantitative estimate of drug-likeness (QED) is 0.0371. The number of nitrogens with two attached hydrogens (primary N) is 5. The number of likely N-dealkylation sites (tertiary alicyclic amines) is 1. The van der Waals surface area contributed by atoms with Gasteiger partial charge in [-0.2, -0.15) is 0 Å². The number of carboxylic acids is 1. The standard InChI is InChI=1S/C40H60N12O15/c1-18(2)32(38(64)47-23(40(66)67)10-12-29(43)56)51-36(62)25(16-31(45)58)49-37(63)27-4-3-13-52(27)39(65)26(14-19-5-7-20(54)8-6-19)50-35(61)24(15-30(44)57)48-34(60)22(9-11-28(42)55)46-33(59)21(41)17-53/h5-8,18,21-27,32,53-54H,3-4,9-17,41H2,1-2H3,(H2,42,55)(H2,43,56)(H2,44,57)(H2,45,58)(H,46,59)(H,47,64)(H,48,60)(H,49,63)(H,50,61)(H,51,62)(H,66,67)/t21-,22-,23-,24-,25-,26-,27-,32-/m0/s1. The smallest absolute Gasteiger partial charge is 0.326 e. The van der Waals surface area contributed by atoms with Crippen molar-refractivity contribution in [2.75, 3.05) is 13.2 Å². The van der Waals surface area contributed by atoms with Crippen molar-refractivity contribution < 1.29 is 72.9 Å². The van der Waals surface area contributed by atoms with Gasteiger partial charge in [0.05, 0.1) is 19.4 Å². The number of hydrogen-bond donors (Lipinski definition) is 14. The Bertz CT molecular complexity index is 2020. The molecule has 2 rings (SSSR count). The average Bonchev–Trinajstić information content (AvgIpc) is 3.74. The summed E-state index contributed by atoms with van der Waals surface area (Å²) in [5.41, 5.74) is 27.0. The number of benzene rings is 1. The molecule has 0 aromatic heterocycles. The van der Waals surface area contributed by atoms with Crippen LogP contribution in [-0.4, -0.2) is 153 Å². The van der Waals surface area contributed by atoms with Crippen molar-refractivity contribution in [2.45, 2.75) is 120 Å². The Morgan fingerprint density at radius 1 is 0.642 bits per heavy atom. The number of aromatic hydroxyl groups is 1. The summed E-state index contributed by atoms with van der Waals surface area (Å²) in [6.07, 6.45) is -3.32. The Labute approximate surface area is 383 Å². The van der Waals surface area contributed by atoms with Crippen molar-refractivity contribution in [3.8, 4) is 5.75 Å². The van der Waals surface area contributed by atoms with Crippen LogP contribution in [0.4, 0.5) is 0 Å². The van der Waals surface area contributed by atoms with Gasteiger partial charge in [0.2, 0.25) is 65.0 Å². The van der Waals surface area contributed by atoms with Crippen LogP contribution in [0.3, 0.4) is 0 Å². The van der Waals surface area contributed by atoms with E-state index in [4.69, 9.17) is 28.7 Å². The summed E-state index contributed by atoms with van der Waals surface area (Å²) < 4.78 is 0. The summed E-state index contributed by atoms with van der Waals surface area (Å²) in [6, 6.07) is -7.11. The van der Waals surface area contributed by atoms with E-state index in [0.29, 0.717) is 5.56 Å². The summed E-state index contributed by atoms with van der Waals surface area (Å²) in [4.78, 5) is 155. The third kappa shape index (κ3) is 18.5. The van der Waals surface area contributed by atoms with Gasteiger partial charge in [-0.25, -0.2) is 4.79 Å². The van der Waals surface area contributed by atoms with Gasteiger partial charge in [-0.15, -0.1) is 0 Å². The molecular weight excluding hydrogens is 889 g/mol. The number of phenols is 1. The molecule has 370 valence electrons. The van der Waals surface area contributed by atoms with Crippen LogP contribution in [0.2, 0.25) is 0 Å². The molecule has 0 saturated carbocycles. The molecule has 27 nitrogen and oxygen atoms in total. The van der Waals surface area contributed by atoms with Gasteiger partial charge in [0.1, 0.15) is 54.1 Å². The number of rotatable bonds is 28. The maximum atomic E-state index is 14.4. The summed E-state index contributed by atoms with van der Waals surface area (Å²) in [5.74, 6) is -13.4. The molecule has 11 amide bonds. The van der Waals surface area contributed by atoms with E-state index in [1.165, 1.54) is 38.1 Å². The highest BCUT2D eigenvalue weighted by Crippen LogP contribution is 2.21. The van der Waals surface area contributed by atoms with Crippen LogP contribution < -0.4 is 60.6 Å². The molecule has 0 unspecified atom stereocenters. The zero-order valence-corrected chi connectivity index (χ0v) is 36.9. The first-order chi connectivity index (χ1) is 31.3. The number of carbonyl (C=O) groups excluding carboxylic acids is 11. The minimum atomic E-state index is -1.81. The molecule has 8 atom stereocenters. The lowest BCUT2D eigenvalue weighted by atomic mass is 10.0. The Kier molecular flexibility index (Phi) is 22.1. The number of amides is 11. The highest BCUT2D eigenvalue weighted by molar-refractivity contribution is 6.00. The van der Waals surface area contributed by atoms with Crippen molar-refractivity contribution >= 4 is 70.9 Å². The van der Waals surface area contributed by atoms with Crippen molar-refractivity contribution in [1.29, 1.82) is 0 Å². The molecule has 67 heavy (non-hydrogen) atoms. The molecule has 19 N–H and O–H groups in total. The number of aliphatic hydroxyl groups excluding tert-OH is 1. The highest BCUT2D eigenvalue weighted by Gasteiger charge is 2.41. The fraction of sp³-hybridized carbons (Fsp3) is 0.550. The van der Waals surface area contributed by atoms with E-state index in [9.17, 15) is 72.9 Å². The van der Waals surface area contributed by atoms with Crippen LogP contribution in [0.15, 0.2) is 24.3 Å². The highest BCUT2D eigenvalue weighted by atomic mass is 16.4. The number of nitrogens with zero attached hydrogens (tertiary/aromatic N) is 1. The van der Waals surface area contributed by atoms with Crippen molar-refractivity contribution in [3.63, 3.8) is 0 Å². The number of aliphatic hydroxyl groups is 1. The SMILES string of the molecule is CC(C)[C@H](NC(=O)[C@H](CC(N)=O)NC(=O)[C@@H]1CCCN1C(=O)[C@H](Cc1ccc(O)cc1)NC(=O)[C@H](CC(N)=O)NC(=O)[C@H](CCC(N)=O)NC(=O)[C@@H](N)CO)C(=O)N[C@@H](CCC(N)=O)C(=O)O. The zero-order valence-electron chi connectivity index (χ0n) is 36.9. The van der Waals surface area contributed by atoms with Crippen molar-refractivity contribution in [3.05, 3.63) is 29.8 Å². The number of nitrogens with one attached hydrogen (secondary N) is 6. The third-order valence-electron chi connectivity index (χ3n) is 10.3. The molecule has 0 bridgehead atoms. The average molecular weight is 949 g/mol. The van der Waals surface area contributed by atoms with E-state index < -0.39 is 157 Å². The Morgan fingerprint density at radius 3 is 1.63 bits per heavy atom. The fourth-order valence-electron chi connectivity index (χ4n) is 6.72. The first-order valence-electron chi connectivity index (χ1n) is 21.0. The predicted octanol–water partition coefficient (Wildman–Crippen LogP) is -6.82. The number of primary amides is 4. The molecule has 0 radical (unpaired) electrons. The second-order valence-corrected chi connectivity index (χ2v) is 16.1. The van der Waals surface area contributed by atoms with E-state index in [-0.39, 0.29) is 44.4 Å². The van der Waals surface area contributed by atoms with E-state index in [1.807, 2.05) is 0 Å². The molecule has 1 aliphatic rings. The van der Waals surface area contributed by atoms with Gasteiger partial charge in [-0.3, -0.25) is 52.7 Å². The molecule has 0 aliphatic carbocycles. The minimum absolute atomic E-state index is 0.0000279. The van der Waals surface area contributed by atoms with Gasteiger partial charge in [-0.05, 0) is 49.3 Å². The Balaban J connectivity index is 2.43. The van der Waals surface area contributed by atoms with Crippen molar-refractivity contribution in [2.24, 2.45) is 34.6 Å². The molecule has 0 spiro atoms. The molecule has 27 heteroatoms. The number of carbonyl (C=O) groups is 12. The van der Waals surface area contributed by atoms with Crippen LogP contribution in [0.25, 0.3) is 0 Å². The summed E-state index contributed by atoms with van der Waals surface area (Å²) in [5, 5.41) is 42.6. The lowest BCUT2D eigenvalue weighted by Gasteiger charge is -2.31. The molecule has 1 saturated heterocycles. The summed E-state index contributed by atoms with van der Waals surface area (Å²) >= 11 is 0. The predicted molar refractivity (Wildman–Crippen MR) is 230 cm³/mol. The number of aliphatic carboxylic acids is 1. The number of phenolic OH excluding ortho intramolecular Hbond substituents is 1. The maximum Gasteiger partial charge on any atom is 0.326 e. The van der Waals surface area contributed by atoms with Gasteiger partial charge in [0, 0.05) is 25.8 Å². The van der Waals surface area contributed by atoms with E-state index in [2.05, 4.69) is 31.9 Å². The summed E-state index contributed by atoms with van der Waals surface area (Å²) in [7, 11) is 0. The minimum Gasteiger partial charge on any atom is -0.508 e. The lowest BCUT2D eigenvalue weighted by Crippen LogP contribution is -2.61. The van der Waals surface area contributed by atoms with Crippen LogP contribution >= 0.6 is 0 Å². The van der Waals surface area contributed by atoms with E-state index in [0.717, 1.165) is 4.90 Å². The topological polar surface area (TPSA) is 471 Å². The van der Waals surface area contributed by atoms with Gasteiger partial charge >= 0.3 is 5.97 Å². The van der Waals surface area contributed by atoms with E-state index in [1.54, 1.807) is 0 Å². The molecule has 1 aliphatic heterocycles. The normalized spacial score (nSPS) is 16.4. The van der Waals surface area contributed by atoms with Crippen molar-refractivity contribution in [1.82, 2.24) is 36.8 Å². The Morgan fingerprint density at radius 2 is 1.12 bits per heavy atom. The van der Waals surface area contributed by atoms with Crippen LogP contribution in [0, 0.1) is 5.92 Å². The zero-order chi connectivity index (χ0) is 50.7. The maximum absolute atomic E-state index is 14.4. The lowest BCUT2D eigenvalue weighted by molar-refractivity contribution is -0.143. The van der Waals surface area contributed by atoms with Crippen LogP contribution in [-0.2, 0) is 64.0 Å². The van der Waals surface area contributed by atoms with Gasteiger partial charge < -0.3 is 80.8 Å². The number of hydrogen-bond acceptors (Lipinski definition) is 15. The second-order valence-electron chi connectivity index (χ2n) is 16.1. The molecule has 1 aromatic rings. The second kappa shape index (κ2) is 26.5.